The molecular formula is C15H24N4O2S. The van der Waals surface area contributed by atoms with Crippen LogP contribution in [-0.4, -0.2) is 56.9 Å². The van der Waals surface area contributed by atoms with Gasteiger partial charge < -0.3 is 9.64 Å². The predicted molar refractivity (Wildman–Crippen MR) is 84.8 cm³/mol. The Balaban J connectivity index is 1.54. The third-order valence-corrected chi connectivity index (χ3v) is 4.71. The van der Waals surface area contributed by atoms with E-state index in [1.807, 2.05) is 27.7 Å². The first kappa shape index (κ1) is 15.7. The molecule has 0 atom stereocenters. The number of hydrogen-bond donors (Lipinski definition) is 0. The third-order valence-electron chi connectivity index (χ3n) is 3.88. The van der Waals surface area contributed by atoms with Gasteiger partial charge in [0.2, 0.25) is 0 Å². The Morgan fingerprint density at radius 1 is 1.32 bits per heavy atom. The van der Waals surface area contributed by atoms with Crippen molar-refractivity contribution in [2.75, 3.05) is 13.1 Å². The van der Waals surface area contributed by atoms with E-state index in [1.54, 1.807) is 16.2 Å². The van der Waals surface area contributed by atoms with Gasteiger partial charge in [0.15, 0.2) is 0 Å². The first-order chi connectivity index (χ1) is 10.3. The van der Waals surface area contributed by atoms with Crippen molar-refractivity contribution in [3.63, 3.8) is 0 Å². The van der Waals surface area contributed by atoms with Crippen LogP contribution in [0.5, 0.6) is 0 Å². The summed E-state index contributed by atoms with van der Waals surface area (Å²) in [5, 5.41) is 10.4. The summed E-state index contributed by atoms with van der Waals surface area (Å²) in [4.78, 5) is 16.3. The molecule has 7 heteroatoms. The normalized spacial score (nSPS) is 19.4. The Bertz CT molecular complexity index is 544. The summed E-state index contributed by atoms with van der Waals surface area (Å²) in [7, 11) is 0. The minimum atomic E-state index is -0.428. The minimum Gasteiger partial charge on any atom is -0.444 e. The molecule has 1 aromatic rings. The number of likely N-dealkylation sites (tertiary alicyclic amines) is 1. The Kier molecular flexibility index (Phi) is 4.11. The molecule has 1 aliphatic heterocycles. The number of amides is 1. The maximum atomic E-state index is 12.0. The molecule has 2 aliphatic rings. The summed E-state index contributed by atoms with van der Waals surface area (Å²) in [5.41, 5.74) is -0.428. The van der Waals surface area contributed by atoms with E-state index in [4.69, 9.17) is 4.74 Å². The molecule has 0 unspecified atom stereocenters. The van der Waals surface area contributed by atoms with Crippen LogP contribution < -0.4 is 0 Å². The fraction of sp³-hybridized carbons (Fsp3) is 0.800. The monoisotopic (exact) mass is 324 g/mol. The molecule has 1 aliphatic carbocycles. The molecule has 1 saturated heterocycles. The van der Waals surface area contributed by atoms with E-state index in [0.717, 1.165) is 29.6 Å². The molecule has 1 saturated carbocycles. The van der Waals surface area contributed by atoms with Crippen LogP contribution in [0, 0.1) is 6.92 Å². The van der Waals surface area contributed by atoms with Crippen molar-refractivity contribution in [3.8, 4) is 0 Å². The zero-order valence-electron chi connectivity index (χ0n) is 13.7. The highest BCUT2D eigenvalue weighted by Gasteiger charge is 2.42. The number of rotatable bonds is 4. The number of hydrogen-bond acceptors (Lipinski definition) is 6. The van der Waals surface area contributed by atoms with Gasteiger partial charge in [0, 0.05) is 25.2 Å². The van der Waals surface area contributed by atoms with Gasteiger partial charge in [0.05, 0.1) is 6.54 Å². The lowest BCUT2D eigenvalue weighted by Gasteiger charge is -2.45. The number of aromatic nitrogens is 2. The first-order valence-electron chi connectivity index (χ1n) is 7.84. The first-order valence-corrected chi connectivity index (χ1v) is 8.66. The fourth-order valence-corrected chi connectivity index (χ4v) is 3.38. The predicted octanol–water partition coefficient (Wildman–Crippen LogP) is 2.43. The van der Waals surface area contributed by atoms with E-state index in [0.29, 0.717) is 12.1 Å². The second-order valence-electron chi connectivity index (χ2n) is 7.16. The zero-order chi connectivity index (χ0) is 15.9. The Morgan fingerprint density at radius 2 is 2.00 bits per heavy atom. The smallest absolute Gasteiger partial charge is 0.410 e. The van der Waals surface area contributed by atoms with Crippen molar-refractivity contribution < 1.29 is 9.53 Å². The van der Waals surface area contributed by atoms with Gasteiger partial charge in [0.1, 0.15) is 15.6 Å². The van der Waals surface area contributed by atoms with Crippen LogP contribution in [-0.2, 0) is 11.3 Å². The molecule has 122 valence electrons. The second kappa shape index (κ2) is 5.77. The zero-order valence-corrected chi connectivity index (χ0v) is 14.5. The molecule has 0 spiro atoms. The number of carbonyl (C=O) groups excluding carboxylic acids is 1. The van der Waals surface area contributed by atoms with E-state index < -0.39 is 5.60 Å². The van der Waals surface area contributed by atoms with Crippen LogP contribution in [0.4, 0.5) is 4.79 Å². The highest BCUT2D eigenvalue weighted by molar-refractivity contribution is 7.11. The van der Waals surface area contributed by atoms with Crippen molar-refractivity contribution in [1.29, 1.82) is 0 Å². The SMILES string of the molecule is Cc1nnc(CN(C2CC2)C2CN(C(=O)OC(C)(C)C)C2)s1. The van der Waals surface area contributed by atoms with Crippen molar-refractivity contribution in [2.45, 2.75) is 64.8 Å². The lowest BCUT2D eigenvalue weighted by atomic mass is 10.1. The van der Waals surface area contributed by atoms with E-state index in [1.165, 1.54) is 12.8 Å². The Labute approximate surface area is 135 Å². The van der Waals surface area contributed by atoms with Crippen molar-refractivity contribution in [1.82, 2.24) is 20.0 Å². The number of carbonyl (C=O) groups is 1. The van der Waals surface area contributed by atoms with Crippen LogP contribution in [0.15, 0.2) is 0 Å². The largest absolute Gasteiger partial charge is 0.444 e. The van der Waals surface area contributed by atoms with Crippen molar-refractivity contribution in [2.24, 2.45) is 0 Å². The standard InChI is InChI=1S/C15H24N4O2S/c1-10-16-17-13(22-10)9-19(11-5-6-11)12-7-18(8-12)14(20)21-15(2,3)4/h11-12H,5-9H2,1-4H3. The quantitative estimate of drug-likeness (QED) is 0.851. The van der Waals surface area contributed by atoms with Gasteiger partial charge in [-0.25, -0.2) is 4.79 Å². The molecule has 2 heterocycles. The lowest BCUT2D eigenvalue weighted by molar-refractivity contribution is -0.0190. The molecule has 1 amide bonds. The van der Waals surface area contributed by atoms with Gasteiger partial charge in [0.25, 0.3) is 0 Å². The van der Waals surface area contributed by atoms with E-state index in [-0.39, 0.29) is 6.09 Å². The van der Waals surface area contributed by atoms with Crippen molar-refractivity contribution >= 4 is 17.4 Å². The number of ether oxygens (including phenoxy) is 1. The molecule has 3 rings (SSSR count). The van der Waals surface area contributed by atoms with Crippen molar-refractivity contribution in [3.05, 3.63) is 10.0 Å². The van der Waals surface area contributed by atoms with Gasteiger partial charge >= 0.3 is 6.09 Å². The van der Waals surface area contributed by atoms with Crippen LogP contribution in [0.25, 0.3) is 0 Å². The summed E-state index contributed by atoms with van der Waals surface area (Å²) >= 11 is 1.66. The van der Waals surface area contributed by atoms with Crippen LogP contribution in [0.1, 0.15) is 43.6 Å². The molecule has 0 aromatic carbocycles. The summed E-state index contributed by atoms with van der Waals surface area (Å²) < 4.78 is 5.42. The average Bonchev–Trinajstić information content (AvgIpc) is 3.08. The molecule has 0 bridgehead atoms. The van der Waals surface area contributed by atoms with Gasteiger partial charge in [-0.1, -0.05) is 0 Å². The van der Waals surface area contributed by atoms with E-state index >= 15 is 0 Å². The summed E-state index contributed by atoms with van der Waals surface area (Å²) in [6.07, 6.45) is 2.30. The van der Waals surface area contributed by atoms with Crippen LogP contribution in [0.2, 0.25) is 0 Å². The second-order valence-corrected chi connectivity index (χ2v) is 8.42. The average molecular weight is 324 g/mol. The lowest BCUT2D eigenvalue weighted by Crippen LogP contribution is -2.61. The van der Waals surface area contributed by atoms with Gasteiger partial charge in [-0.2, -0.15) is 0 Å². The molecule has 0 N–H and O–H groups in total. The van der Waals surface area contributed by atoms with Gasteiger partial charge in [-0.3, -0.25) is 4.90 Å². The molecule has 2 fully saturated rings. The third kappa shape index (κ3) is 3.76. The van der Waals surface area contributed by atoms with E-state index in [2.05, 4.69) is 15.1 Å². The molecular weight excluding hydrogens is 300 g/mol. The number of nitrogens with zero attached hydrogens (tertiary/aromatic N) is 4. The summed E-state index contributed by atoms with van der Waals surface area (Å²) in [6, 6.07) is 1.07. The van der Waals surface area contributed by atoms with E-state index in [9.17, 15) is 4.79 Å². The Hall–Kier alpha value is -1.21. The Morgan fingerprint density at radius 3 is 2.50 bits per heavy atom. The summed E-state index contributed by atoms with van der Waals surface area (Å²) in [6.45, 7) is 10.0. The van der Waals surface area contributed by atoms with Crippen LogP contribution >= 0.6 is 11.3 Å². The summed E-state index contributed by atoms with van der Waals surface area (Å²) in [5.74, 6) is 0. The maximum Gasteiger partial charge on any atom is 0.410 e. The maximum absolute atomic E-state index is 12.0. The topological polar surface area (TPSA) is 58.6 Å². The van der Waals surface area contributed by atoms with Gasteiger partial charge in [-0.15, -0.1) is 21.5 Å². The highest BCUT2D eigenvalue weighted by Crippen LogP contribution is 2.33. The molecule has 0 radical (unpaired) electrons. The minimum absolute atomic E-state index is 0.203. The van der Waals surface area contributed by atoms with Crippen LogP contribution in [0.3, 0.4) is 0 Å². The number of aryl methyl sites for hydroxylation is 1. The fourth-order valence-electron chi connectivity index (χ4n) is 2.66. The molecule has 22 heavy (non-hydrogen) atoms. The molecule has 1 aromatic heterocycles. The van der Waals surface area contributed by atoms with Gasteiger partial charge in [-0.05, 0) is 40.5 Å². The highest BCUT2D eigenvalue weighted by atomic mass is 32.1. The molecule has 6 nitrogen and oxygen atoms in total.